The molecular weight excluding hydrogens is 364 g/mol. The molecule has 2 heterocycles. The fraction of sp³-hybridized carbons (Fsp3) is 0.200. The number of hydrogen-bond acceptors (Lipinski definition) is 6. The van der Waals surface area contributed by atoms with E-state index < -0.39 is 5.97 Å². The number of aromatic nitrogens is 1. The van der Waals surface area contributed by atoms with Crippen molar-refractivity contribution >= 4 is 34.5 Å². The van der Waals surface area contributed by atoms with Crippen LogP contribution in [-0.4, -0.2) is 34.4 Å². The van der Waals surface area contributed by atoms with Crippen LogP contribution in [0.25, 0.3) is 6.08 Å². The lowest BCUT2D eigenvalue weighted by Gasteiger charge is -2.04. The van der Waals surface area contributed by atoms with E-state index in [1.165, 1.54) is 11.8 Å². The number of carbonyl (C=O) groups is 1. The molecule has 0 atom stereocenters. The van der Waals surface area contributed by atoms with Crippen molar-refractivity contribution in [2.45, 2.75) is 6.92 Å². The largest absolute Gasteiger partial charge is 0.506 e. The van der Waals surface area contributed by atoms with Gasteiger partial charge in [-0.1, -0.05) is 11.8 Å². The minimum Gasteiger partial charge on any atom is -0.506 e. The predicted molar refractivity (Wildman–Crippen MR) is 107 cm³/mol. The van der Waals surface area contributed by atoms with Crippen molar-refractivity contribution in [1.29, 1.82) is 0 Å². The van der Waals surface area contributed by atoms with Crippen LogP contribution in [0.15, 0.2) is 63.8 Å². The number of esters is 1. The van der Waals surface area contributed by atoms with Gasteiger partial charge in [0.25, 0.3) is 0 Å². The number of aliphatic hydroxyl groups excluding tert-OH is 1. The quantitative estimate of drug-likeness (QED) is 0.781. The second-order valence-electron chi connectivity index (χ2n) is 5.71. The van der Waals surface area contributed by atoms with Crippen molar-refractivity contribution in [2.24, 2.45) is 12.0 Å². The maximum absolute atomic E-state index is 12.4. The summed E-state index contributed by atoms with van der Waals surface area (Å²) in [5.41, 5.74) is 1.63. The summed E-state index contributed by atoms with van der Waals surface area (Å²) < 4.78 is 12.2. The Morgan fingerprint density at radius 2 is 2.04 bits per heavy atom. The molecule has 0 amide bonds. The fourth-order valence-electron chi connectivity index (χ4n) is 2.52. The monoisotopic (exact) mass is 384 g/mol. The number of aryl methyl sites for hydroxylation is 1. The lowest BCUT2D eigenvalue weighted by Crippen LogP contribution is -2.12. The maximum atomic E-state index is 12.4. The third kappa shape index (κ3) is 4.09. The number of ether oxygens (including phenoxy) is 2. The van der Waals surface area contributed by atoms with E-state index >= 15 is 0 Å². The Balaban J connectivity index is 2.01. The molecule has 1 aliphatic heterocycles. The first kappa shape index (κ1) is 18.8. The minimum atomic E-state index is -0.593. The van der Waals surface area contributed by atoms with Crippen molar-refractivity contribution < 1.29 is 19.4 Å². The second kappa shape index (κ2) is 8.18. The van der Waals surface area contributed by atoms with E-state index in [0.29, 0.717) is 21.4 Å². The standard InChI is InChI=1S/C20H20N2O4S/c1-4-26-20(24)17-18(23)16(12-14-6-5-11-22(14)2)27-19(17)21-13-7-9-15(25-3)10-8-13/h5-12,23H,4H2,1-3H3/b16-12+,21-19?. The van der Waals surface area contributed by atoms with Gasteiger partial charge in [-0.05, 0) is 49.4 Å². The normalized spacial score (nSPS) is 17.0. The first-order valence-electron chi connectivity index (χ1n) is 8.38. The molecule has 140 valence electrons. The van der Waals surface area contributed by atoms with Crippen LogP contribution in [0, 0.1) is 0 Å². The second-order valence-corrected chi connectivity index (χ2v) is 6.74. The zero-order valence-electron chi connectivity index (χ0n) is 15.3. The highest BCUT2D eigenvalue weighted by Gasteiger charge is 2.33. The zero-order valence-corrected chi connectivity index (χ0v) is 16.1. The lowest BCUT2D eigenvalue weighted by atomic mass is 10.2. The molecule has 0 fully saturated rings. The van der Waals surface area contributed by atoms with Crippen LogP contribution in [0.3, 0.4) is 0 Å². The van der Waals surface area contributed by atoms with E-state index in [-0.39, 0.29) is 17.9 Å². The summed E-state index contributed by atoms with van der Waals surface area (Å²) >= 11 is 1.23. The van der Waals surface area contributed by atoms with Crippen molar-refractivity contribution in [3.8, 4) is 5.75 Å². The molecule has 7 heteroatoms. The molecule has 1 aliphatic rings. The number of aliphatic imine (C=N–C) groups is 1. The van der Waals surface area contributed by atoms with Crippen molar-refractivity contribution in [1.82, 2.24) is 4.57 Å². The summed E-state index contributed by atoms with van der Waals surface area (Å²) in [5.74, 6) is 0.00303. The van der Waals surface area contributed by atoms with Gasteiger partial charge < -0.3 is 19.1 Å². The molecule has 0 saturated carbocycles. The van der Waals surface area contributed by atoms with Gasteiger partial charge in [-0.3, -0.25) is 0 Å². The zero-order chi connectivity index (χ0) is 19.4. The average molecular weight is 384 g/mol. The Bertz CT molecular complexity index is 939. The first-order chi connectivity index (χ1) is 13.0. The molecule has 0 saturated heterocycles. The highest BCUT2D eigenvalue weighted by atomic mass is 32.2. The lowest BCUT2D eigenvalue weighted by molar-refractivity contribution is -0.138. The molecule has 0 spiro atoms. The Kier molecular flexibility index (Phi) is 5.71. The molecule has 1 N–H and O–H groups in total. The number of aliphatic hydroxyl groups is 1. The van der Waals surface area contributed by atoms with Gasteiger partial charge in [0.05, 0.1) is 24.3 Å². The fourth-order valence-corrected chi connectivity index (χ4v) is 3.54. The van der Waals surface area contributed by atoms with Gasteiger partial charge in [0.2, 0.25) is 0 Å². The number of hydrogen-bond donors (Lipinski definition) is 1. The minimum absolute atomic E-state index is 0.0816. The van der Waals surface area contributed by atoms with Crippen molar-refractivity contribution in [3.05, 3.63) is 64.5 Å². The Morgan fingerprint density at radius 3 is 2.63 bits per heavy atom. The SMILES string of the molecule is CCOC(=O)C1=C(O)/C(=C\c2cccn2C)SC1=Nc1ccc(OC)cc1. The molecular formula is C20H20N2O4S. The Labute approximate surface area is 161 Å². The van der Waals surface area contributed by atoms with Crippen LogP contribution in [0.4, 0.5) is 5.69 Å². The van der Waals surface area contributed by atoms with Crippen LogP contribution in [0.2, 0.25) is 0 Å². The molecule has 27 heavy (non-hydrogen) atoms. The summed E-state index contributed by atoms with van der Waals surface area (Å²) in [6.07, 6.45) is 3.72. The van der Waals surface area contributed by atoms with Crippen molar-refractivity contribution in [3.63, 3.8) is 0 Å². The van der Waals surface area contributed by atoms with Gasteiger partial charge >= 0.3 is 5.97 Å². The molecule has 1 aromatic heterocycles. The number of rotatable bonds is 5. The van der Waals surface area contributed by atoms with Gasteiger partial charge in [0, 0.05) is 18.9 Å². The number of carbonyl (C=O) groups excluding carboxylic acids is 1. The molecule has 6 nitrogen and oxygen atoms in total. The summed E-state index contributed by atoms with van der Waals surface area (Å²) in [6.45, 7) is 1.94. The number of nitrogens with zero attached hydrogens (tertiary/aromatic N) is 2. The Morgan fingerprint density at radius 1 is 1.30 bits per heavy atom. The highest BCUT2D eigenvalue weighted by Crippen LogP contribution is 2.40. The molecule has 1 aromatic carbocycles. The van der Waals surface area contributed by atoms with Crippen LogP contribution in [0.5, 0.6) is 5.75 Å². The third-order valence-electron chi connectivity index (χ3n) is 3.94. The van der Waals surface area contributed by atoms with Gasteiger partial charge in [-0.25, -0.2) is 9.79 Å². The van der Waals surface area contributed by atoms with Crippen LogP contribution in [-0.2, 0) is 16.6 Å². The Hall–Kier alpha value is -2.93. The van der Waals surface area contributed by atoms with E-state index in [9.17, 15) is 9.90 Å². The van der Waals surface area contributed by atoms with Gasteiger partial charge in [0.1, 0.15) is 22.1 Å². The number of methoxy groups -OCH3 is 1. The van der Waals surface area contributed by atoms with Crippen molar-refractivity contribution in [2.75, 3.05) is 13.7 Å². The molecule has 0 radical (unpaired) electrons. The van der Waals surface area contributed by atoms with Crippen LogP contribution in [0.1, 0.15) is 12.6 Å². The first-order valence-corrected chi connectivity index (χ1v) is 9.20. The molecule has 0 bridgehead atoms. The van der Waals surface area contributed by atoms with E-state index in [1.54, 1.807) is 38.3 Å². The highest BCUT2D eigenvalue weighted by molar-refractivity contribution is 8.18. The van der Waals surface area contributed by atoms with Crippen LogP contribution >= 0.6 is 11.8 Å². The summed E-state index contributed by atoms with van der Waals surface area (Å²) in [5, 5.41) is 11.0. The molecule has 0 unspecified atom stereocenters. The summed E-state index contributed by atoms with van der Waals surface area (Å²) in [6, 6.07) is 11.0. The third-order valence-corrected chi connectivity index (χ3v) is 4.96. The van der Waals surface area contributed by atoms with E-state index in [0.717, 1.165) is 5.69 Å². The smallest absolute Gasteiger partial charge is 0.344 e. The van der Waals surface area contributed by atoms with E-state index in [1.807, 2.05) is 36.0 Å². The summed E-state index contributed by atoms with van der Waals surface area (Å²) in [7, 11) is 3.50. The molecule has 2 aromatic rings. The van der Waals surface area contributed by atoms with Gasteiger partial charge in [0.15, 0.2) is 0 Å². The van der Waals surface area contributed by atoms with E-state index in [4.69, 9.17) is 9.47 Å². The topological polar surface area (TPSA) is 73.0 Å². The molecule has 3 rings (SSSR count). The number of thioether (sulfide) groups is 1. The average Bonchev–Trinajstić information content (AvgIpc) is 3.19. The predicted octanol–water partition coefficient (Wildman–Crippen LogP) is 4.23. The van der Waals surface area contributed by atoms with Gasteiger partial charge in [-0.2, -0.15) is 0 Å². The van der Waals surface area contributed by atoms with E-state index in [2.05, 4.69) is 4.99 Å². The van der Waals surface area contributed by atoms with Crippen LogP contribution < -0.4 is 4.74 Å². The number of benzene rings is 1. The maximum Gasteiger partial charge on any atom is 0.344 e. The molecule has 0 aliphatic carbocycles. The van der Waals surface area contributed by atoms with Gasteiger partial charge in [-0.15, -0.1) is 0 Å². The summed E-state index contributed by atoms with van der Waals surface area (Å²) in [4.78, 5) is 17.5.